The summed E-state index contributed by atoms with van der Waals surface area (Å²) in [5.41, 5.74) is 4.80. The molecule has 3 rings (SSSR count). The molecule has 1 heterocycles. The number of hydrogen-bond acceptors (Lipinski definition) is 1. The minimum Gasteiger partial charge on any atom is -0.379 e. The molecule has 1 nitrogen and oxygen atoms in total. The SMILES string of the molecule is Cc1cccc2c1NC1(CCCCC1)C[C@H]2C. The number of rotatable bonds is 0. The lowest BCUT2D eigenvalue weighted by atomic mass is 9.71. The minimum absolute atomic E-state index is 0.413. The maximum Gasteiger partial charge on any atom is 0.0409 e. The van der Waals surface area contributed by atoms with Crippen LogP contribution in [0.3, 0.4) is 0 Å². The summed E-state index contributed by atoms with van der Waals surface area (Å²) >= 11 is 0. The van der Waals surface area contributed by atoms with Crippen molar-refractivity contribution in [3.8, 4) is 0 Å². The molecule has 1 aliphatic heterocycles. The number of fused-ring (bicyclic) bond motifs is 1. The van der Waals surface area contributed by atoms with Gasteiger partial charge in [-0.15, -0.1) is 0 Å². The van der Waals surface area contributed by atoms with Crippen LogP contribution in [0.25, 0.3) is 0 Å². The van der Waals surface area contributed by atoms with Gasteiger partial charge in [0.15, 0.2) is 0 Å². The summed E-state index contributed by atoms with van der Waals surface area (Å²) in [5.74, 6) is 0.712. The molecular formula is C16H23N. The topological polar surface area (TPSA) is 12.0 Å². The summed E-state index contributed by atoms with van der Waals surface area (Å²) in [6, 6.07) is 6.74. The van der Waals surface area contributed by atoms with Crippen molar-refractivity contribution < 1.29 is 0 Å². The van der Waals surface area contributed by atoms with Crippen molar-refractivity contribution >= 4 is 5.69 Å². The molecule has 1 aromatic rings. The van der Waals surface area contributed by atoms with Gasteiger partial charge in [-0.2, -0.15) is 0 Å². The van der Waals surface area contributed by atoms with Gasteiger partial charge in [0.1, 0.15) is 0 Å². The highest BCUT2D eigenvalue weighted by molar-refractivity contribution is 5.62. The molecule has 1 aromatic carbocycles. The maximum absolute atomic E-state index is 3.91. The number of aryl methyl sites for hydroxylation is 1. The van der Waals surface area contributed by atoms with Crippen LogP contribution in [0, 0.1) is 6.92 Å². The predicted molar refractivity (Wildman–Crippen MR) is 73.6 cm³/mol. The van der Waals surface area contributed by atoms with Gasteiger partial charge in [-0.25, -0.2) is 0 Å². The fourth-order valence-corrected chi connectivity index (χ4v) is 3.84. The van der Waals surface area contributed by atoms with Crippen LogP contribution in [0.4, 0.5) is 5.69 Å². The van der Waals surface area contributed by atoms with Crippen LogP contribution in [0.1, 0.15) is 62.5 Å². The molecule has 0 radical (unpaired) electrons. The number of hydrogen-bond donors (Lipinski definition) is 1. The van der Waals surface area contributed by atoms with E-state index in [9.17, 15) is 0 Å². The van der Waals surface area contributed by atoms with Crippen molar-refractivity contribution in [2.75, 3.05) is 5.32 Å². The zero-order chi connectivity index (χ0) is 11.9. The number of benzene rings is 1. The highest BCUT2D eigenvalue weighted by Gasteiger charge is 2.38. The average molecular weight is 229 g/mol. The van der Waals surface area contributed by atoms with Crippen molar-refractivity contribution in [3.63, 3.8) is 0 Å². The molecule has 17 heavy (non-hydrogen) atoms. The van der Waals surface area contributed by atoms with Gasteiger partial charge in [0, 0.05) is 11.2 Å². The van der Waals surface area contributed by atoms with Crippen molar-refractivity contribution in [2.45, 2.75) is 63.8 Å². The first kappa shape index (κ1) is 11.1. The third kappa shape index (κ3) is 1.86. The van der Waals surface area contributed by atoms with Gasteiger partial charge in [-0.3, -0.25) is 0 Å². The molecule has 1 heteroatoms. The van der Waals surface area contributed by atoms with Gasteiger partial charge in [0.25, 0.3) is 0 Å². The molecule has 0 unspecified atom stereocenters. The Kier molecular flexibility index (Phi) is 2.65. The van der Waals surface area contributed by atoms with E-state index in [1.807, 2.05) is 0 Å². The lowest BCUT2D eigenvalue weighted by molar-refractivity contribution is 0.281. The Morgan fingerprint density at radius 1 is 1.18 bits per heavy atom. The van der Waals surface area contributed by atoms with Crippen LogP contribution in [0.2, 0.25) is 0 Å². The van der Waals surface area contributed by atoms with Crippen LogP contribution in [-0.2, 0) is 0 Å². The molecule has 1 atom stereocenters. The predicted octanol–water partition coefficient (Wildman–Crippen LogP) is 4.62. The zero-order valence-corrected chi connectivity index (χ0v) is 11.1. The summed E-state index contributed by atoms with van der Waals surface area (Å²) in [7, 11) is 0. The molecule has 1 fully saturated rings. The van der Waals surface area contributed by atoms with Crippen LogP contribution in [0.15, 0.2) is 18.2 Å². The lowest BCUT2D eigenvalue weighted by Gasteiger charge is -2.45. The van der Waals surface area contributed by atoms with Crippen molar-refractivity contribution in [1.29, 1.82) is 0 Å². The van der Waals surface area contributed by atoms with Crippen LogP contribution in [0.5, 0.6) is 0 Å². The number of para-hydroxylation sites is 1. The summed E-state index contributed by atoms with van der Waals surface area (Å²) < 4.78 is 0. The molecule has 1 N–H and O–H groups in total. The zero-order valence-electron chi connectivity index (χ0n) is 11.1. The second kappa shape index (κ2) is 4.04. The van der Waals surface area contributed by atoms with E-state index in [0.717, 1.165) is 0 Å². The molecule has 92 valence electrons. The summed E-state index contributed by atoms with van der Waals surface area (Å²) in [6.45, 7) is 4.63. The summed E-state index contributed by atoms with van der Waals surface area (Å²) in [4.78, 5) is 0. The Morgan fingerprint density at radius 2 is 1.94 bits per heavy atom. The van der Waals surface area contributed by atoms with E-state index >= 15 is 0 Å². The second-order valence-corrected chi connectivity index (χ2v) is 6.11. The van der Waals surface area contributed by atoms with Crippen LogP contribution < -0.4 is 5.32 Å². The van der Waals surface area contributed by atoms with Crippen molar-refractivity contribution in [1.82, 2.24) is 0 Å². The van der Waals surface area contributed by atoms with Crippen LogP contribution in [-0.4, -0.2) is 5.54 Å². The highest BCUT2D eigenvalue weighted by atomic mass is 15.0. The minimum atomic E-state index is 0.413. The Morgan fingerprint density at radius 3 is 2.71 bits per heavy atom. The first-order valence-corrected chi connectivity index (χ1v) is 7.08. The van der Waals surface area contributed by atoms with Crippen LogP contribution >= 0.6 is 0 Å². The second-order valence-electron chi connectivity index (χ2n) is 6.11. The molecular weight excluding hydrogens is 206 g/mol. The fourth-order valence-electron chi connectivity index (χ4n) is 3.84. The first-order chi connectivity index (χ1) is 8.20. The summed E-state index contributed by atoms with van der Waals surface area (Å²) in [5, 5.41) is 3.91. The third-order valence-electron chi connectivity index (χ3n) is 4.73. The molecule has 1 aliphatic carbocycles. The average Bonchev–Trinajstić information content (AvgIpc) is 2.32. The number of anilines is 1. The molecule has 0 saturated heterocycles. The Hall–Kier alpha value is -0.980. The Balaban J connectivity index is 1.99. The van der Waals surface area contributed by atoms with Crippen molar-refractivity contribution in [3.05, 3.63) is 29.3 Å². The molecule has 1 spiro atoms. The lowest BCUT2D eigenvalue weighted by Crippen LogP contribution is -2.44. The van der Waals surface area contributed by atoms with E-state index in [4.69, 9.17) is 0 Å². The largest absolute Gasteiger partial charge is 0.379 e. The maximum atomic E-state index is 3.91. The molecule has 1 saturated carbocycles. The standard InChI is InChI=1S/C16H23N/c1-12-7-6-8-14-13(2)11-16(17-15(12)14)9-4-3-5-10-16/h6-8,13,17H,3-5,9-11H2,1-2H3/t13-/m1/s1. The monoisotopic (exact) mass is 229 g/mol. The van der Waals surface area contributed by atoms with Gasteiger partial charge in [-0.1, -0.05) is 44.4 Å². The van der Waals surface area contributed by atoms with Gasteiger partial charge in [0.05, 0.1) is 0 Å². The smallest absolute Gasteiger partial charge is 0.0409 e. The normalized spacial score (nSPS) is 26.4. The third-order valence-corrected chi connectivity index (χ3v) is 4.73. The van der Waals surface area contributed by atoms with Gasteiger partial charge < -0.3 is 5.32 Å². The van der Waals surface area contributed by atoms with Gasteiger partial charge in [0.2, 0.25) is 0 Å². The van der Waals surface area contributed by atoms with Crippen molar-refractivity contribution in [2.24, 2.45) is 0 Å². The molecule has 0 amide bonds. The fraction of sp³-hybridized carbons (Fsp3) is 0.625. The molecule has 0 bridgehead atoms. The molecule has 0 aromatic heterocycles. The molecule has 2 aliphatic rings. The summed E-state index contributed by atoms with van der Waals surface area (Å²) in [6.07, 6.45) is 8.29. The van der Waals surface area contributed by atoms with Gasteiger partial charge >= 0.3 is 0 Å². The quantitative estimate of drug-likeness (QED) is 0.684. The van der Waals surface area contributed by atoms with E-state index in [-0.39, 0.29) is 0 Å². The van der Waals surface area contributed by atoms with Gasteiger partial charge in [-0.05, 0) is 43.2 Å². The van der Waals surface area contributed by atoms with E-state index in [2.05, 4.69) is 37.4 Å². The van der Waals surface area contributed by atoms with E-state index in [0.29, 0.717) is 11.5 Å². The van der Waals surface area contributed by atoms with E-state index < -0.39 is 0 Å². The van der Waals surface area contributed by atoms with E-state index in [1.165, 1.54) is 55.3 Å². The Bertz CT molecular complexity index is 416. The Labute approximate surface area is 105 Å². The number of nitrogens with one attached hydrogen (secondary N) is 1. The van der Waals surface area contributed by atoms with E-state index in [1.54, 1.807) is 0 Å². The first-order valence-electron chi connectivity index (χ1n) is 7.08. The highest BCUT2D eigenvalue weighted by Crippen LogP contribution is 2.46.